The summed E-state index contributed by atoms with van der Waals surface area (Å²) in [5.74, 6) is 0. The third-order valence-corrected chi connectivity index (χ3v) is 4.47. The largest absolute Gasteiger partial charge is 0.317 e. The van der Waals surface area contributed by atoms with Gasteiger partial charge >= 0.3 is 0 Å². The third-order valence-electron chi connectivity index (χ3n) is 3.87. The van der Waals surface area contributed by atoms with Crippen molar-refractivity contribution in [3.05, 3.63) is 33.8 Å². The molecule has 17 heavy (non-hydrogen) atoms. The van der Waals surface area contributed by atoms with Crippen LogP contribution in [0.1, 0.15) is 31.7 Å². The molecule has 2 rings (SSSR count). The van der Waals surface area contributed by atoms with Crippen LogP contribution >= 0.6 is 23.2 Å². The van der Waals surface area contributed by atoms with Crippen molar-refractivity contribution in [2.24, 2.45) is 5.41 Å². The number of halogens is 2. The number of rotatable bonds is 3. The Morgan fingerprint density at radius 1 is 1.41 bits per heavy atom. The quantitative estimate of drug-likeness (QED) is 0.864. The zero-order chi connectivity index (χ0) is 12.5. The molecule has 0 amide bonds. The van der Waals surface area contributed by atoms with Crippen LogP contribution in [-0.4, -0.2) is 13.1 Å². The predicted molar refractivity (Wildman–Crippen MR) is 75.0 cm³/mol. The van der Waals surface area contributed by atoms with E-state index in [0.29, 0.717) is 11.5 Å². The van der Waals surface area contributed by atoms with E-state index in [9.17, 15) is 0 Å². The van der Waals surface area contributed by atoms with Gasteiger partial charge in [0.1, 0.15) is 0 Å². The van der Waals surface area contributed by atoms with E-state index < -0.39 is 0 Å². The number of hydrogen-bond acceptors (Lipinski definition) is 1. The van der Waals surface area contributed by atoms with Crippen LogP contribution in [0.4, 0.5) is 0 Å². The zero-order valence-corrected chi connectivity index (χ0v) is 11.9. The molecule has 94 valence electrons. The Morgan fingerprint density at radius 2 is 2.18 bits per heavy atom. The minimum Gasteiger partial charge on any atom is -0.317 e. The highest BCUT2D eigenvalue weighted by Gasteiger charge is 2.34. The molecular weight excluding hydrogens is 253 g/mol. The lowest BCUT2D eigenvalue weighted by Gasteiger charge is -2.25. The summed E-state index contributed by atoms with van der Waals surface area (Å²) in [6.07, 6.45) is 4.74. The molecule has 1 fully saturated rings. The Bertz CT molecular complexity index is 405. The first-order valence-corrected chi connectivity index (χ1v) is 6.89. The number of benzene rings is 1. The Labute approximate surface area is 114 Å². The van der Waals surface area contributed by atoms with Crippen molar-refractivity contribution in [3.8, 4) is 0 Å². The fourth-order valence-corrected chi connectivity index (χ4v) is 3.25. The summed E-state index contributed by atoms with van der Waals surface area (Å²) in [5.41, 5.74) is 1.53. The van der Waals surface area contributed by atoms with Gasteiger partial charge in [-0.25, -0.2) is 0 Å². The maximum atomic E-state index is 6.23. The summed E-state index contributed by atoms with van der Waals surface area (Å²) >= 11 is 12.3. The molecule has 1 aliphatic rings. The van der Waals surface area contributed by atoms with Crippen LogP contribution in [-0.2, 0) is 6.42 Å². The van der Waals surface area contributed by atoms with Gasteiger partial charge in [-0.1, -0.05) is 30.1 Å². The van der Waals surface area contributed by atoms with Gasteiger partial charge in [-0.05, 0) is 61.9 Å². The van der Waals surface area contributed by atoms with E-state index in [0.717, 1.165) is 16.5 Å². The Balaban J connectivity index is 2.13. The molecule has 1 saturated carbocycles. The summed E-state index contributed by atoms with van der Waals surface area (Å²) in [6, 6.07) is 6.40. The van der Waals surface area contributed by atoms with E-state index in [2.05, 4.69) is 12.2 Å². The van der Waals surface area contributed by atoms with E-state index in [-0.39, 0.29) is 0 Å². The van der Waals surface area contributed by atoms with Crippen LogP contribution in [0.25, 0.3) is 0 Å². The summed E-state index contributed by atoms with van der Waals surface area (Å²) < 4.78 is 0. The minimum atomic E-state index is 0.349. The van der Waals surface area contributed by atoms with E-state index in [1.807, 2.05) is 25.2 Å². The topological polar surface area (TPSA) is 12.0 Å². The first-order chi connectivity index (χ1) is 8.02. The molecular formula is C14H19Cl2N. The fourth-order valence-electron chi connectivity index (χ4n) is 2.87. The molecule has 1 aromatic rings. The highest BCUT2D eigenvalue weighted by Crippen LogP contribution is 2.41. The smallest absolute Gasteiger partial charge is 0.0439 e. The van der Waals surface area contributed by atoms with Crippen LogP contribution in [0.2, 0.25) is 10.0 Å². The van der Waals surface area contributed by atoms with E-state index in [1.165, 1.54) is 24.8 Å². The fraction of sp³-hybridized carbons (Fsp3) is 0.571. The second-order valence-corrected chi connectivity index (χ2v) is 6.30. The normalized spacial score (nSPS) is 28.6. The molecule has 0 heterocycles. The maximum absolute atomic E-state index is 6.23. The third kappa shape index (κ3) is 3.15. The van der Waals surface area contributed by atoms with Gasteiger partial charge in [-0.15, -0.1) is 0 Å². The monoisotopic (exact) mass is 271 g/mol. The highest BCUT2D eigenvalue weighted by atomic mass is 35.5. The molecule has 1 nitrogen and oxygen atoms in total. The lowest BCUT2D eigenvalue weighted by atomic mass is 9.82. The molecule has 0 aliphatic heterocycles. The van der Waals surface area contributed by atoms with Crippen molar-refractivity contribution in [2.75, 3.05) is 7.05 Å². The molecule has 0 bridgehead atoms. The highest BCUT2D eigenvalue weighted by molar-refractivity contribution is 6.33. The minimum absolute atomic E-state index is 0.349. The summed E-state index contributed by atoms with van der Waals surface area (Å²) in [5, 5.41) is 4.98. The second-order valence-electron chi connectivity index (χ2n) is 5.45. The molecule has 0 saturated heterocycles. The first-order valence-electron chi connectivity index (χ1n) is 6.14. The standard InChI is InChI=1S/C14H19Cl2N/c1-14(6-5-12(9-14)17-2)8-10-7-11(15)3-4-13(10)16/h3-4,7,12,17H,5-6,8-9H2,1-2H3. The van der Waals surface area contributed by atoms with Gasteiger partial charge in [0, 0.05) is 16.1 Å². The lowest BCUT2D eigenvalue weighted by Crippen LogP contribution is -2.24. The molecule has 3 heteroatoms. The van der Waals surface area contributed by atoms with Crippen molar-refractivity contribution in [3.63, 3.8) is 0 Å². The number of hydrogen-bond donors (Lipinski definition) is 1. The number of nitrogens with one attached hydrogen (secondary N) is 1. The average Bonchev–Trinajstić information content (AvgIpc) is 2.66. The van der Waals surface area contributed by atoms with Gasteiger partial charge in [0.2, 0.25) is 0 Å². The van der Waals surface area contributed by atoms with Gasteiger partial charge in [0.25, 0.3) is 0 Å². The van der Waals surface area contributed by atoms with Crippen LogP contribution < -0.4 is 5.32 Å². The predicted octanol–water partition coefficient (Wildman–Crippen LogP) is 4.31. The first kappa shape index (κ1) is 13.2. The second kappa shape index (κ2) is 5.17. The van der Waals surface area contributed by atoms with Crippen molar-refractivity contribution >= 4 is 23.2 Å². The molecule has 0 radical (unpaired) electrons. The molecule has 2 atom stereocenters. The van der Waals surface area contributed by atoms with Gasteiger partial charge < -0.3 is 5.32 Å². The summed E-state index contributed by atoms with van der Waals surface area (Å²) in [4.78, 5) is 0. The maximum Gasteiger partial charge on any atom is 0.0439 e. The van der Waals surface area contributed by atoms with E-state index >= 15 is 0 Å². The Kier molecular flexibility index (Phi) is 4.02. The van der Waals surface area contributed by atoms with Crippen LogP contribution in [0, 0.1) is 5.41 Å². The van der Waals surface area contributed by atoms with Gasteiger partial charge in [-0.3, -0.25) is 0 Å². The van der Waals surface area contributed by atoms with Crippen LogP contribution in [0.15, 0.2) is 18.2 Å². The molecule has 1 aliphatic carbocycles. The van der Waals surface area contributed by atoms with Gasteiger partial charge in [0.15, 0.2) is 0 Å². The van der Waals surface area contributed by atoms with Gasteiger partial charge in [-0.2, -0.15) is 0 Å². The van der Waals surface area contributed by atoms with Crippen molar-refractivity contribution < 1.29 is 0 Å². The lowest BCUT2D eigenvalue weighted by molar-refractivity contribution is 0.324. The van der Waals surface area contributed by atoms with Crippen molar-refractivity contribution in [2.45, 2.75) is 38.6 Å². The molecule has 2 unspecified atom stereocenters. The van der Waals surface area contributed by atoms with Gasteiger partial charge in [0.05, 0.1) is 0 Å². The summed E-state index contributed by atoms with van der Waals surface area (Å²) in [6.45, 7) is 2.35. The SMILES string of the molecule is CNC1CCC(C)(Cc2cc(Cl)ccc2Cl)C1. The Morgan fingerprint density at radius 3 is 2.82 bits per heavy atom. The molecule has 0 spiro atoms. The molecule has 1 N–H and O–H groups in total. The van der Waals surface area contributed by atoms with E-state index in [1.54, 1.807) is 0 Å². The molecule has 1 aromatic carbocycles. The van der Waals surface area contributed by atoms with Crippen molar-refractivity contribution in [1.82, 2.24) is 5.32 Å². The van der Waals surface area contributed by atoms with Crippen LogP contribution in [0.3, 0.4) is 0 Å². The van der Waals surface area contributed by atoms with Crippen molar-refractivity contribution in [1.29, 1.82) is 0 Å². The Hall–Kier alpha value is -0.240. The zero-order valence-electron chi connectivity index (χ0n) is 10.4. The van der Waals surface area contributed by atoms with E-state index in [4.69, 9.17) is 23.2 Å². The molecule has 0 aromatic heterocycles. The summed E-state index contributed by atoms with van der Waals surface area (Å²) in [7, 11) is 2.04. The van der Waals surface area contributed by atoms with Crippen LogP contribution in [0.5, 0.6) is 0 Å². The average molecular weight is 272 g/mol.